The van der Waals surface area contributed by atoms with Gasteiger partial charge in [-0.15, -0.1) is 0 Å². The van der Waals surface area contributed by atoms with Crippen LogP contribution in [0.25, 0.3) is 0 Å². The molecule has 21 heavy (non-hydrogen) atoms. The summed E-state index contributed by atoms with van der Waals surface area (Å²) in [5.74, 6) is -0.627. The molecule has 1 aliphatic carbocycles. The highest BCUT2D eigenvalue weighted by molar-refractivity contribution is 9.10. The van der Waals surface area contributed by atoms with Crippen LogP contribution in [-0.2, 0) is 4.79 Å². The molecule has 2 nitrogen and oxygen atoms in total. The molecule has 2 aromatic rings. The van der Waals surface area contributed by atoms with E-state index in [2.05, 4.69) is 15.9 Å². The van der Waals surface area contributed by atoms with E-state index in [9.17, 15) is 9.90 Å². The Bertz CT molecular complexity index is 668. The lowest BCUT2D eigenvalue weighted by atomic mass is 9.94. The van der Waals surface area contributed by atoms with Crippen molar-refractivity contribution in [3.05, 3.63) is 70.2 Å². The molecule has 0 amide bonds. The van der Waals surface area contributed by atoms with Crippen LogP contribution in [0.3, 0.4) is 0 Å². The molecule has 1 saturated carbocycles. The largest absolute Gasteiger partial charge is 0.481 e. The lowest BCUT2D eigenvalue weighted by Gasteiger charge is -2.10. The molecule has 1 N–H and O–H groups in total. The zero-order valence-corrected chi connectivity index (χ0v) is 13.4. The van der Waals surface area contributed by atoms with E-state index in [-0.39, 0.29) is 11.8 Å². The van der Waals surface area contributed by atoms with E-state index in [4.69, 9.17) is 0 Å². The monoisotopic (exact) mass is 344 g/mol. The van der Waals surface area contributed by atoms with Gasteiger partial charge in [0.2, 0.25) is 0 Å². The molecular formula is C18H17BrO2. The van der Waals surface area contributed by atoms with Gasteiger partial charge >= 0.3 is 5.97 Å². The minimum atomic E-state index is -0.695. The van der Waals surface area contributed by atoms with E-state index in [1.165, 1.54) is 0 Å². The van der Waals surface area contributed by atoms with Gasteiger partial charge < -0.3 is 5.11 Å². The summed E-state index contributed by atoms with van der Waals surface area (Å²) < 4.78 is 0.993. The van der Waals surface area contributed by atoms with E-state index in [0.29, 0.717) is 6.42 Å². The molecule has 3 atom stereocenters. The minimum Gasteiger partial charge on any atom is -0.481 e. The summed E-state index contributed by atoms with van der Waals surface area (Å²) in [4.78, 5) is 12.0. The average Bonchev–Trinajstić information content (AvgIpc) is 3.19. The van der Waals surface area contributed by atoms with Gasteiger partial charge in [-0.3, -0.25) is 4.79 Å². The summed E-state index contributed by atoms with van der Waals surface area (Å²) in [5, 5.41) is 9.84. The maximum atomic E-state index is 12.0. The van der Waals surface area contributed by atoms with Gasteiger partial charge in [0, 0.05) is 16.3 Å². The first-order valence-electron chi connectivity index (χ1n) is 7.15. The molecule has 1 fully saturated rings. The maximum Gasteiger partial charge on any atom is 0.310 e. The smallest absolute Gasteiger partial charge is 0.310 e. The third-order valence-corrected chi connectivity index (χ3v) is 5.44. The second-order valence-corrected chi connectivity index (χ2v) is 6.44. The number of benzene rings is 2. The number of aliphatic carboxylic acids is 1. The number of hydrogen-bond donors (Lipinski definition) is 1. The van der Waals surface area contributed by atoms with Crippen LogP contribution in [0, 0.1) is 5.41 Å². The molecule has 0 heterocycles. The molecule has 3 unspecified atom stereocenters. The SMILES string of the molecule is CCC1(C(=O)O)C(c2ccccc2)C1c1ccccc1Br. The Morgan fingerprint density at radius 2 is 1.71 bits per heavy atom. The molecule has 3 heteroatoms. The molecular weight excluding hydrogens is 328 g/mol. The number of rotatable bonds is 4. The Morgan fingerprint density at radius 3 is 2.29 bits per heavy atom. The fraction of sp³-hybridized carbons (Fsp3) is 0.278. The molecule has 0 spiro atoms. The molecule has 0 aliphatic heterocycles. The lowest BCUT2D eigenvalue weighted by molar-refractivity contribution is -0.143. The molecule has 0 bridgehead atoms. The quantitative estimate of drug-likeness (QED) is 0.863. The predicted octanol–water partition coefficient (Wildman–Crippen LogP) is 4.81. The van der Waals surface area contributed by atoms with Gasteiger partial charge in [0.05, 0.1) is 5.41 Å². The van der Waals surface area contributed by atoms with E-state index < -0.39 is 11.4 Å². The molecule has 2 aromatic carbocycles. The summed E-state index contributed by atoms with van der Waals surface area (Å²) in [6.45, 7) is 1.97. The van der Waals surface area contributed by atoms with Crippen molar-refractivity contribution in [2.24, 2.45) is 5.41 Å². The van der Waals surface area contributed by atoms with E-state index in [1.54, 1.807) is 0 Å². The van der Waals surface area contributed by atoms with Crippen molar-refractivity contribution >= 4 is 21.9 Å². The highest BCUT2D eigenvalue weighted by Crippen LogP contribution is 2.72. The first-order valence-corrected chi connectivity index (χ1v) is 7.95. The minimum absolute atomic E-state index is 0.0259. The molecule has 1 aliphatic rings. The zero-order chi connectivity index (χ0) is 15.0. The van der Waals surface area contributed by atoms with Crippen molar-refractivity contribution in [3.63, 3.8) is 0 Å². The Labute approximate surface area is 132 Å². The van der Waals surface area contributed by atoms with Gasteiger partial charge in [0.1, 0.15) is 0 Å². The van der Waals surface area contributed by atoms with Crippen molar-refractivity contribution in [1.82, 2.24) is 0 Å². The number of carbonyl (C=O) groups is 1. The van der Waals surface area contributed by atoms with Crippen LogP contribution in [0.2, 0.25) is 0 Å². The van der Waals surface area contributed by atoms with Crippen LogP contribution >= 0.6 is 15.9 Å². The van der Waals surface area contributed by atoms with Crippen LogP contribution in [-0.4, -0.2) is 11.1 Å². The number of carboxylic acid groups (broad SMARTS) is 1. The number of hydrogen-bond acceptors (Lipinski definition) is 1. The van der Waals surface area contributed by atoms with Crippen molar-refractivity contribution in [3.8, 4) is 0 Å². The topological polar surface area (TPSA) is 37.3 Å². The van der Waals surface area contributed by atoms with Gasteiger partial charge in [-0.05, 0) is 23.6 Å². The second kappa shape index (κ2) is 5.30. The number of halogens is 1. The van der Waals surface area contributed by atoms with Crippen LogP contribution < -0.4 is 0 Å². The first-order chi connectivity index (χ1) is 10.1. The van der Waals surface area contributed by atoms with E-state index in [0.717, 1.165) is 15.6 Å². The molecule has 3 rings (SSSR count). The fourth-order valence-corrected chi connectivity index (χ4v) is 4.16. The van der Waals surface area contributed by atoms with Gasteiger partial charge in [0.25, 0.3) is 0 Å². The molecule has 108 valence electrons. The van der Waals surface area contributed by atoms with Crippen molar-refractivity contribution in [1.29, 1.82) is 0 Å². The Hall–Kier alpha value is -1.61. The highest BCUT2D eigenvalue weighted by Gasteiger charge is 2.69. The van der Waals surface area contributed by atoms with E-state index in [1.807, 2.05) is 61.5 Å². The Kier molecular flexibility index (Phi) is 3.62. The third kappa shape index (κ3) is 2.11. The van der Waals surface area contributed by atoms with Gasteiger partial charge in [0.15, 0.2) is 0 Å². The predicted molar refractivity (Wildman–Crippen MR) is 86.4 cm³/mol. The standard InChI is InChI=1S/C18H17BrO2/c1-2-18(17(20)21)15(12-8-4-3-5-9-12)16(18)13-10-6-7-11-14(13)19/h3-11,15-16H,2H2,1H3,(H,20,21). The summed E-state index contributed by atoms with van der Waals surface area (Å²) >= 11 is 3.57. The number of carboxylic acids is 1. The van der Waals surface area contributed by atoms with Gasteiger partial charge in [-0.1, -0.05) is 71.4 Å². The molecule has 0 aromatic heterocycles. The normalized spacial score (nSPS) is 27.3. The maximum absolute atomic E-state index is 12.0. The van der Waals surface area contributed by atoms with Crippen molar-refractivity contribution < 1.29 is 9.90 Å². The van der Waals surface area contributed by atoms with Crippen LogP contribution in [0.4, 0.5) is 0 Å². The molecule has 0 saturated heterocycles. The summed E-state index contributed by atoms with van der Waals surface area (Å²) in [7, 11) is 0. The van der Waals surface area contributed by atoms with Crippen molar-refractivity contribution in [2.75, 3.05) is 0 Å². The van der Waals surface area contributed by atoms with Crippen LogP contribution in [0.1, 0.15) is 36.3 Å². The Balaban J connectivity index is 2.10. The zero-order valence-electron chi connectivity index (χ0n) is 11.8. The average molecular weight is 345 g/mol. The second-order valence-electron chi connectivity index (χ2n) is 5.59. The summed E-state index contributed by atoms with van der Waals surface area (Å²) in [6.07, 6.45) is 0.633. The van der Waals surface area contributed by atoms with Crippen molar-refractivity contribution in [2.45, 2.75) is 25.2 Å². The van der Waals surface area contributed by atoms with Gasteiger partial charge in [-0.2, -0.15) is 0 Å². The van der Waals surface area contributed by atoms with Gasteiger partial charge in [-0.25, -0.2) is 0 Å². The third-order valence-electron chi connectivity index (χ3n) is 4.72. The Morgan fingerprint density at radius 1 is 1.10 bits per heavy atom. The first kappa shape index (κ1) is 14.3. The summed E-state index contributed by atoms with van der Waals surface area (Å²) in [5.41, 5.74) is 1.52. The van der Waals surface area contributed by atoms with E-state index >= 15 is 0 Å². The lowest BCUT2D eigenvalue weighted by Crippen LogP contribution is -2.17. The highest BCUT2D eigenvalue weighted by atomic mass is 79.9. The molecule has 0 radical (unpaired) electrons. The summed E-state index contributed by atoms with van der Waals surface area (Å²) in [6, 6.07) is 17.9. The van der Waals surface area contributed by atoms with Crippen LogP contribution in [0.5, 0.6) is 0 Å². The van der Waals surface area contributed by atoms with Crippen LogP contribution in [0.15, 0.2) is 59.1 Å². The fourth-order valence-electron chi connectivity index (χ4n) is 3.63.